The van der Waals surface area contributed by atoms with E-state index in [-0.39, 0.29) is 24.1 Å². The highest BCUT2D eigenvalue weighted by atomic mass is 35.5. The number of nitrogens with one attached hydrogen (secondary N) is 1. The van der Waals surface area contributed by atoms with Gasteiger partial charge in [-0.05, 0) is 42.0 Å². The van der Waals surface area contributed by atoms with Crippen LogP contribution in [0, 0.1) is 11.3 Å². The lowest BCUT2D eigenvalue weighted by Crippen LogP contribution is -2.51. The lowest BCUT2D eigenvalue weighted by molar-refractivity contribution is -0.132. The molecule has 0 aromatic heterocycles. The molecule has 0 radical (unpaired) electrons. The fourth-order valence-electron chi connectivity index (χ4n) is 3.14. The molecule has 1 aliphatic rings. The molecule has 2 aromatic rings. The normalized spacial score (nSPS) is 13.6. The lowest BCUT2D eigenvalue weighted by Gasteiger charge is -2.36. The Labute approximate surface area is 185 Å². The van der Waals surface area contributed by atoms with Crippen molar-refractivity contribution in [1.29, 1.82) is 5.26 Å². The molecule has 0 spiro atoms. The van der Waals surface area contributed by atoms with Gasteiger partial charge in [0.1, 0.15) is 0 Å². The van der Waals surface area contributed by atoms with Crippen molar-refractivity contribution in [1.82, 2.24) is 10.2 Å². The van der Waals surface area contributed by atoms with Gasteiger partial charge in [-0.15, -0.1) is 11.8 Å². The van der Waals surface area contributed by atoms with E-state index in [0.29, 0.717) is 29.4 Å². The van der Waals surface area contributed by atoms with Crippen molar-refractivity contribution < 1.29 is 9.59 Å². The van der Waals surface area contributed by atoms with Gasteiger partial charge in [0.05, 0.1) is 23.9 Å². The zero-order chi connectivity index (χ0) is 21.3. The van der Waals surface area contributed by atoms with E-state index in [0.717, 1.165) is 24.3 Å². The Morgan fingerprint density at radius 3 is 2.33 bits per heavy atom. The number of hydrogen-bond acceptors (Lipinski definition) is 5. The Hall–Kier alpha value is -2.69. The topological polar surface area (TPSA) is 76.4 Å². The zero-order valence-electron chi connectivity index (χ0n) is 16.5. The van der Waals surface area contributed by atoms with Gasteiger partial charge in [-0.1, -0.05) is 23.7 Å². The fourth-order valence-corrected chi connectivity index (χ4v) is 4.08. The number of halogens is 1. The molecule has 0 unspecified atom stereocenters. The standard InChI is InChI=1S/C22H23ClN4O2S/c23-19-5-7-20(8-6-19)26-9-11-27(12-10-26)22(29)14-25-21(28)16-30-15-18-3-1-17(13-24)2-4-18/h1-8H,9-12,14-16H2,(H,25,28). The van der Waals surface area contributed by atoms with Crippen LogP contribution >= 0.6 is 23.4 Å². The minimum Gasteiger partial charge on any atom is -0.368 e. The third-order valence-corrected chi connectivity index (χ3v) is 6.10. The van der Waals surface area contributed by atoms with Gasteiger partial charge < -0.3 is 15.1 Å². The molecule has 1 saturated heterocycles. The second-order valence-electron chi connectivity index (χ2n) is 6.92. The number of nitriles is 1. The summed E-state index contributed by atoms with van der Waals surface area (Å²) in [6.45, 7) is 2.79. The monoisotopic (exact) mass is 442 g/mol. The molecule has 2 amide bonds. The molecule has 1 N–H and O–H groups in total. The summed E-state index contributed by atoms with van der Waals surface area (Å²) in [7, 11) is 0. The van der Waals surface area contributed by atoms with Crippen LogP contribution in [0.4, 0.5) is 5.69 Å². The van der Waals surface area contributed by atoms with Crippen molar-refractivity contribution >= 4 is 40.9 Å². The number of nitrogens with zero attached hydrogens (tertiary/aromatic N) is 3. The maximum absolute atomic E-state index is 12.4. The number of piperazine rings is 1. The molecular formula is C22H23ClN4O2S. The summed E-state index contributed by atoms with van der Waals surface area (Å²) < 4.78 is 0. The van der Waals surface area contributed by atoms with E-state index >= 15 is 0 Å². The van der Waals surface area contributed by atoms with Gasteiger partial charge in [-0.2, -0.15) is 5.26 Å². The SMILES string of the molecule is N#Cc1ccc(CSCC(=O)NCC(=O)N2CCN(c3ccc(Cl)cc3)CC2)cc1. The van der Waals surface area contributed by atoms with E-state index in [9.17, 15) is 9.59 Å². The molecule has 3 rings (SSSR count). The third kappa shape index (κ3) is 6.41. The summed E-state index contributed by atoms with van der Waals surface area (Å²) in [6.07, 6.45) is 0. The first-order valence-corrected chi connectivity index (χ1v) is 11.2. The van der Waals surface area contributed by atoms with Crippen LogP contribution in [-0.2, 0) is 15.3 Å². The summed E-state index contributed by atoms with van der Waals surface area (Å²) in [6, 6.07) is 17.1. The summed E-state index contributed by atoms with van der Waals surface area (Å²) >= 11 is 7.41. The first-order chi connectivity index (χ1) is 14.5. The highest BCUT2D eigenvalue weighted by molar-refractivity contribution is 7.99. The van der Waals surface area contributed by atoms with Gasteiger partial charge in [0.2, 0.25) is 11.8 Å². The maximum atomic E-state index is 12.4. The van der Waals surface area contributed by atoms with Crippen LogP contribution in [-0.4, -0.2) is 55.2 Å². The molecule has 0 bridgehead atoms. The highest BCUT2D eigenvalue weighted by Gasteiger charge is 2.21. The van der Waals surface area contributed by atoms with E-state index in [1.807, 2.05) is 36.4 Å². The van der Waals surface area contributed by atoms with Crippen LogP contribution < -0.4 is 10.2 Å². The van der Waals surface area contributed by atoms with Crippen LogP contribution in [0.25, 0.3) is 0 Å². The molecular weight excluding hydrogens is 420 g/mol. The molecule has 156 valence electrons. The third-order valence-electron chi connectivity index (χ3n) is 4.85. The quantitative estimate of drug-likeness (QED) is 0.713. The van der Waals surface area contributed by atoms with Crippen LogP contribution in [0.15, 0.2) is 48.5 Å². The minimum absolute atomic E-state index is 0.0250. The number of amides is 2. The molecule has 1 heterocycles. The first-order valence-electron chi connectivity index (χ1n) is 9.67. The molecule has 0 atom stereocenters. The second kappa shape index (κ2) is 10.9. The fraction of sp³-hybridized carbons (Fsp3) is 0.318. The van der Waals surface area contributed by atoms with E-state index in [1.54, 1.807) is 17.0 Å². The largest absolute Gasteiger partial charge is 0.368 e. The molecule has 1 fully saturated rings. The highest BCUT2D eigenvalue weighted by Crippen LogP contribution is 2.19. The Morgan fingerprint density at radius 2 is 1.70 bits per heavy atom. The summed E-state index contributed by atoms with van der Waals surface area (Å²) in [4.78, 5) is 28.4. The van der Waals surface area contributed by atoms with Gasteiger partial charge in [-0.25, -0.2) is 0 Å². The van der Waals surface area contributed by atoms with Crippen LogP contribution in [0.5, 0.6) is 0 Å². The minimum atomic E-state index is -0.151. The van der Waals surface area contributed by atoms with Crippen LogP contribution in [0.2, 0.25) is 5.02 Å². The summed E-state index contributed by atoms with van der Waals surface area (Å²) in [5.41, 5.74) is 2.77. The number of rotatable bonds is 7. The van der Waals surface area contributed by atoms with Crippen molar-refractivity contribution in [2.24, 2.45) is 0 Å². The number of carbonyl (C=O) groups excluding carboxylic acids is 2. The first kappa shape index (κ1) is 22.0. The van der Waals surface area contributed by atoms with Gasteiger partial charge >= 0.3 is 0 Å². The van der Waals surface area contributed by atoms with Crippen molar-refractivity contribution in [2.75, 3.05) is 43.4 Å². The van der Waals surface area contributed by atoms with Crippen molar-refractivity contribution in [3.63, 3.8) is 0 Å². The molecule has 6 nitrogen and oxygen atoms in total. The average molecular weight is 443 g/mol. The Bertz CT molecular complexity index is 904. The molecule has 0 aliphatic carbocycles. The average Bonchev–Trinajstić information content (AvgIpc) is 2.78. The van der Waals surface area contributed by atoms with Crippen molar-refractivity contribution in [2.45, 2.75) is 5.75 Å². The Morgan fingerprint density at radius 1 is 1.03 bits per heavy atom. The van der Waals surface area contributed by atoms with Gasteiger partial charge in [0.15, 0.2) is 0 Å². The molecule has 2 aromatic carbocycles. The molecule has 30 heavy (non-hydrogen) atoms. The van der Waals surface area contributed by atoms with Crippen molar-refractivity contribution in [3.8, 4) is 6.07 Å². The predicted molar refractivity (Wildman–Crippen MR) is 121 cm³/mol. The zero-order valence-corrected chi connectivity index (χ0v) is 18.1. The Balaban J connectivity index is 1.33. The van der Waals surface area contributed by atoms with Gasteiger partial charge in [0, 0.05) is 42.6 Å². The summed E-state index contributed by atoms with van der Waals surface area (Å²) in [5.74, 6) is 0.759. The number of anilines is 1. The molecule has 1 aliphatic heterocycles. The van der Waals surface area contributed by atoms with Crippen molar-refractivity contribution in [3.05, 3.63) is 64.7 Å². The van der Waals surface area contributed by atoms with Gasteiger partial charge in [0.25, 0.3) is 0 Å². The number of thioether (sulfide) groups is 1. The van der Waals surface area contributed by atoms with Crippen LogP contribution in [0.1, 0.15) is 11.1 Å². The predicted octanol–water partition coefficient (Wildman–Crippen LogP) is 2.91. The van der Waals surface area contributed by atoms with Crippen LogP contribution in [0.3, 0.4) is 0 Å². The smallest absolute Gasteiger partial charge is 0.242 e. The molecule has 0 saturated carbocycles. The molecule has 8 heteroatoms. The van der Waals surface area contributed by atoms with E-state index in [2.05, 4.69) is 16.3 Å². The van der Waals surface area contributed by atoms with E-state index in [1.165, 1.54) is 11.8 Å². The number of hydrogen-bond donors (Lipinski definition) is 1. The summed E-state index contributed by atoms with van der Waals surface area (Å²) in [5, 5.41) is 12.2. The number of benzene rings is 2. The maximum Gasteiger partial charge on any atom is 0.242 e. The van der Waals surface area contributed by atoms with E-state index in [4.69, 9.17) is 16.9 Å². The Kier molecular flexibility index (Phi) is 8.00. The van der Waals surface area contributed by atoms with Gasteiger partial charge in [-0.3, -0.25) is 9.59 Å². The van der Waals surface area contributed by atoms with E-state index < -0.39 is 0 Å². The second-order valence-corrected chi connectivity index (χ2v) is 8.34. The lowest BCUT2D eigenvalue weighted by atomic mass is 10.2. The number of carbonyl (C=O) groups is 2.